The van der Waals surface area contributed by atoms with E-state index in [1.165, 1.54) is 0 Å². The van der Waals surface area contributed by atoms with Crippen LogP contribution < -0.4 is 5.32 Å². The molecular weight excluding hydrogens is 231 g/mol. The summed E-state index contributed by atoms with van der Waals surface area (Å²) in [4.78, 5) is 0. The summed E-state index contributed by atoms with van der Waals surface area (Å²) in [6, 6.07) is 0. The first-order valence-electron chi connectivity index (χ1n) is 5.62. The Morgan fingerprint density at radius 2 is 2.18 bits per heavy atom. The fraction of sp³-hybridized carbons (Fsp3) is 0.727. The molecule has 1 heterocycles. The molecule has 0 aliphatic heterocycles. The van der Waals surface area contributed by atoms with E-state index in [4.69, 9.17) is 0 Å². The monoisotopic (exact) mass is 249 g/mol. The van der Waals surface area contributed by atoms with E-state index in [1.807, 2.05) is 20.2 Å². The standard InChI is InChI=1S/C11H18F3N3/c1-9(5-15-8-11(12,13)14)3-4-10-6-16-17(2)7-10/h6-7,9,15H,3-5,8H2,1-2H3. The highest BCUT2D eigenvalue weighted by molar-refractivity contribution is 5.03. The predicted octanol–water partition coefficient (Wildman–Crippen LogP) is 2.14. The molecule has 1 aromatic rings. The summed E-state index contributed by atoms with van der Waals surface area (Å²) in [6.45, 7) is 1.42. The molecule has 0 aliphatic carbocycles. The summed E-state index contributed by atoms with van der Waals surface area (Å²) < 4.78 is 37.4. The number of nitrogens with one attached hydrogen (secondary N) is 1. The van der Waals surface area contributed by atoms with E-state index in [1.54, 1.807) is 10.9 Å². The molecule has 1 aromatic heterocycles. The third-order valence-corrected chi connectivity index (χ3v) is 2.50. The normalized spacial score (nSPS) is 13.9. The molecule has 1 atom stereocenters. The zero-order chi connectivity index (χ0) is 12.9. The van der Waals surface area contributed by atoms with Gasteiger partial charge >= 0.3 is 6.18 Å². The largest absolute Gasteiger partial charge is 0.401 e. The zero-order valence-corrected chi connectivity index (χ0v) is 10.1. The Kier molecular flexibility index (Phi) is 4.99. The highest BCUT2D eigenvalue weighted by Crippen LogP contribution is 2.13. The van der Waals surface area contributed by atoms with Gasteiger partial charge in [0.05, 0.1) is 12.7 Å². The van der Waals surface area contributed by atoms with Gasteiger partial charge in [-0.3, -0.25) is 4.68 Å². The van der Waals surface area contributed by atoms with Crippen molar-refractivity contribution in [2.24, 2.45) is 13.0 Å². The fourth-order valence-corrected chi connectivity index (χ4v) is 1.58. The van der Waals surface area contributed by atoms with Crippen LogP contribution in [0.4, 0.5) is 13.2 Å². The van der Waals surface area contributed by atoms with E-state index >= 15 is 0 Å². The summed E-state index contributed by atoms with van der Waals surface area (Å²) >= 11 is 0. The van der Waals surface area contributed by atoms with Crippen molar-refractivity contribution in [3.63, 3.8) is 0 Å². The second kappa shape index (κ2) is 6.05. The van der Waals surface area contributed by atoms with Crippen molar-refractivity contribution in [1.29, 1.82) is 0 Å². The van der Waals surface area contributed by atoms with Gasteiger partial charge in [0.25, 0.3) is 0 Å². The number of rotatable bonds is 6. The van der Waals surface area contributed by atoms with Crippen LogP contribution in [0.5, 0.6) is 0 Å². The molecule has 0 fully saturated rings. The molecule has 0 bridgehead atoms. The molecule has 3 nitrogen and oxygen atoms in total. The molecule has 0 aliphatic rings. The Balaban J connectivity index is 2.15. The maximum atomic E-state index is 11.9. The molecule has 0 saturated heterocycles. The average molecular weight is 249 g/mol. The van der Waals surface area contributed by atoms with Gasteiger partial charge in [0.15, 0.2) is 0 Å². The van der Waals surface area contributed by atoms with Crippen LogP contribution in [-0.4, -0.2) is 29.0 Å². The summed E-state index contributed by atoms with van der Waals surface area (Å²) in [7, 11) is 1.85. The SMILES string of the molecule is CC(CCc1cnn(C)c1)CNCC(F)(F)F. The minimum atomic E-state index is -4.12. The number of aromatic nitrogens is 2. The van der Waals surface area contributed by atoms with E-state index in [0.29, 0.717) is 6.54 Å². The lowest BCUT2D eigenvalue weighted by Crippen LogP contribution is -2.32. The van der Waals surface area contributed by atoms with Crippen LogP contribution in [0, 0.1) is 5.92 Å². The first-order chi connectivity index (χ1) is 7.87. The number of alkyl halides is 3. The topological polar surface area (TPSA) is 29.9 Å². The van der Waals surface area contributed by atoms with Gasteiger partial charge < -0.3 is 5.32 Å². The van der Waals surface area contributed by atoms with Crippen LogP contribution in [0.25, 0.3) is 0 Å². The zero-order valence-electron chi connectivity index (χ0n) is 10.1. The van der Waals surface area contributed by atoms with Crippen LogP contribution in [0.1, 0.15) is 18.9 Å². The molecule has 0 radical (unpaired) electrons. The van der Waals surface area contributed by atoms with Gasteiger partial charge in [-0.2, -0.15) is 18.3 Å². The maximum absolute atomic E-state index is 11.9. The van der Waals surface area contributed by atoms with Crippen LogP contribution in [0.2, 0.25) is 0 Å². The molecule has 1 unspecified atom stereocenters. The second-order valence-electron chi connectivity index (χ2n) is 4.41. The van der Waals surface area contributed by atoms with Crippen molar-refractivity contribution in [3.05, 3.63) is 18.0 Å². The lowest BCUT2D eigenvalue weighted by molar-refractivity contribution is -0.125. The lowest BCUT2D eigenvalue weighted by atomic mass is 10.0. The minimum Gasteiger partial charge on any atom is -0.308 e. The summed E-state index contributed by atoms with van der Waals surface area (Å²) in [5.41, 5.74) is 1.12. The van der Waals surface area contributed by atoms with Gasteiger partial charge in [-0.25, -0.2) is 0 Å². The summed E-state index contributed by atoms with van der Waals surface area (Å²) in [6.07, 6.45) is 1.30. The van der Waals surface area contributed by atoms with E-state index in [-0.39, 0.29) is 5.92 Å². The minimum absolute atomic E-state index is 0.220. The fourth-order valence-electron chi connectivity index (χ4n) is 1.58. The van der Waals surface area contributed by atoms with Gasteiger partial charge in [-0.15, -0.1) is 0 Å². The molecule has 1 rings (SSSR count). The number of hydrogen-bond acceptors (Lipinski definition) is 2. The summed E-state index contributed by atoms with van der Waals surface area (Å²) in [5, 5.41) is 6.46. The molecule has 0 saturated carbocycles. The Hall–Kier alpha value is -1.04. The first kappa shape index (κ1) is 14.0. The van der Waals surface area contributed by atoms with E-state index in [0.717, 1.165) is 18.4 Å². The van der Waals surface area contributed by atoms with Gasteiger partial charge in [-0.05, 0) is 30.9 Å². The highest BCUT2D eigenvalue weighted by atomic mass is 19.4. The van der Waals surface area contributed by atoms with E-state index in [2.05, 4.69) is 10.4 Å². The lowest BCUT2D eigenvalue weighted by Gasteiger charge is -2.13. The van der Waals surface area contributed by atoms with Crippen LogP contribution >= 0.6 is 0 Å². The molecule has 0 spiro atoms. The van der Waals surface area contributed by atoms with Crippen LogP contribution in [0.3, 0.4) is 0 Å². The number of nitrogens with zero attached hydrogens (tertiary/aromatic N) is 2. The van der Waals surface area contributed by atoms with Crippen molar-refractivity contribution in [3.8, 4) is 0 Å². The van der Waals surface area contributed by atoms with Crippen LogP contribution in [0.15, 0.2) is 12.4 Å². The Bertz CT molecular complexity index is 333. The molecule has 0 aromatic carbocycles. The third-order valence-electron chi connectivity index (χ3n) is 2.50. The van der Waals surface area contributed by atoms with Gasteiger partial charge in [0.2, 0.25) is 0 Å². The van der Waals surface area contributed by atoms with Gasteiger partial charge in [0.1, 0.15) is 0 Å². The Morgan fingerprint density at radius 1 is 1.47 bits per heavy atom. The van der Waals surface area contributed by atoms with Crippen LogP contribution in [-0.2, 0) is 13.5 Å². The number of hydrogen-bond donors (Lipinski definition) is 1. The Morgan fingerprint density at radius 3 is 2.71 bits per heavy atom. The number of halogens is 3. The maximum Gasteiger partial charge on any atom is 0.401 e. The quantitative estimate of drug-likeness (QED) is 0.837. The highest BCUT2D eigenvalue weighted by Gasteiger charge is 2.26. The molecule has 17 heavy (non-hydrogen) atoms. The number of aryl methyl sites for hydroxylation is 2. The van der Waals surface area contributed by atoms with Crippen molar-refractivity contribution in [1.82, 2.24) is 15.1 Å². The smallest absolute Gasteiger partial charge is 0.308 e. The van der Waals surface area contributed by atoms with Gasteiger partial charge in [-0.1, -0.05) is 6.92 Å². The van der Waals surface area contributed by atoms with Gasteiger partial charge in [0, 0.05) is 13.2 Å². The van der Waals surface area contributed by atoms with E-state index in [9.17, 15) is 13.2 Å². The Labute approximate surface area is 99.0 Å². The molecular formula is C11H18F3N3. The predicted molar refractivity (Wildman–Crippen MR) is 59.6 cm³/mol. The average Bonchev–Trinajstić information content (AvgIpc) is 2.59. The second-order valence-corrected chi connectivity index (χ2v) is 4.41. The van der Waals surface area contributed by atoms with Crippen molar-refractivity contribution >= 4 is 0 Å². The third kappa shape index (κ3) is 6.31. The van der Waals surface area contributed by atoms with Crippen molar-refractivity contribution in [2.45, 2.75) is 25.9 Å². The molecule has 98 valence electrons. The molecule has 0 amide bonds. The van der Waals surface area contributed by atoms with Crippen molar-refractivity contribution in [2.75, 3.05) is 13.1 Å². The van der Waals surface area contributed by atoms with E-state index < -0.39 is 12.7 Å². The van der Waals surface area contributed by atoms with Crippen molar-refractivity contribution < 1.29 is 13.2 Å². The first-order valence-corrected chi connectivity index (χ1v) is 5.62. The summed E-state index contributed by atoms with van der Waals surface area (Å²) in [5.74, 6) is 0.220. The molecule has 1 N–H and O–H groups in total. The molecule has 6 heteroatoms.